The van der Waals surface area contributed by atoms with Crippen molar-refractivity contribution in [3.05, 3.63) is 70.6 Å². The molecule has 0 aromatic heterocycles. The normalized spacial score (nSPS) is 14.6. The van der Waals surface area contributed by atoms with Gasteiger partial charge in [-0.15, -0.1) is 0 Å². The minimum absolute atomic E-state index is 0.0367. The minimum Gasteiger partial charge on any atom is -0.368 e. The topological polar surface area (TPSA) is 59.4 Å². The van der Waals surface area contributed by atoms with Gasteiger partial charge in [-0.05, 0) is 48.9 Å². The molecule has 0 radical (unpaired) electrons. The molecule has 0 atom stereocenters. The molecule has 5 nitrogen and oxygen atoms in total. The Morgan fingerprint density at radius 1 is 1.18 bits per heavy atom. The third-order valence-corrected chi connectivity index (χ3v) is 5.16. The first kappa shape index (κ1) is 19.7. The quantitative estimate of drug-likeness (QED) is 0.625. The Morgan fingerprint density at radius 3 is 2.50 bits per heavy atom. The highest BCUT2D eigenvalue weighted by atomic mass is 35.5. The number of rotatable bonds is 4. The van der Waals surface area contributed by atoms with Crippen LogP contribution in [-0.2, 0) is 4.79 Å². The van der Waals surface area contributed by atoms with Crippen LogP contribution in [0.4, 0.5) is 15.8 Å². The summed E-state index contributed by atoms with van der Waals surface area (Å²) in [6.07, 6.45) is 1.42. The van der Waals surface area contributed by atoms with Crippen LogP contribution in [0.2, 0.25) is 5.02 Å². The lowest BCUT2D eigenvalue weighted by molar-refractivity contribution is -0.127. The molecule has 144 valence electrons. The van der Waals surface area contributed by atoms with E-state index >= 15 is 0 Å². The summed E-state index contributed by atoms with van der Waals surface area (Å²) < 4.78 is 13.1. The van der Waals surface area contributed by atoms with E-state index in [1.807, 2.05) is 19.1 Å². The number of piperazine rings is 1. The van der Waals surface area contributed by atoms with Crippen molar-refractivity contribution in [2.75, 3.05) is 36.4 Å². The second-order valence-electron chi connectivity index (χ2n) is 6.48. The Bertz CT molecular complexity index is 928. The Labute approximate surface area is 168 Å². The van der Waals surface area contributed by atoms with Crippen LogP contribution in [0.25, 0.3) is 0 Å². The van der Waals surface area contributed by atoms with E-state index < -0.39 is 0 Å². The van der Waals surface area contributed by atoms with Gasteiger partial charge in [0.15, 0.2) is 0 Å². The van der Waals surface area contributed by atoms with Crippen LogP contribution in [0.3, 0.4) is 0 Å². The zero-order valence-electron chi connectivity index (χ0n) is 15.5. The Balaban J connectivity index is 1.63. The monoisotopic (exact) mass is 398 g/mol. The first-order valence-corrected chi connectivity index (χ1v) is 9.29. The molecule has 0 aliphatic carbocycles. The second kappa shape index (κ2) is 8.77. The van der Waals surface area contributed by atoms with Crippen molar-refractivity contribution in [1.82, 2.24) is 4.90 Å². The highest BCUT2D eigenvalue weighted by molar-refractivity contribution is 6.31. The van der Waals surface area contributed by atoms with Gasteiger partial charge in [0, 0.05) is 48.8 Å². The van der Waals surface area contributed by atoms with Gasteiger partial charge in [-0.1, -0.05) is 17.7 Å². The summed E-state index contributed by atoms with van der Waals surface area (Å²) in [5.74, 6) is -0.586. The Kier molecular flexibility index (Phi) is 6.17. The minimum atomic E-state index is -0.312. The van der Waals surface area contributed by atoms with E-state index in [4.69, 9.17) is 11.6 Å². The van der Waals surface area contributed by atoms with Gasteiger partial charge in [0.2, 0.25) is 0 Å². The van der Waals surface area contributed by atoms with Crippen LogP contribution in [-0.4, -0.2) is 37.0 Å². The molecule has 1 amide bonds. The van der Waals surface area contributed by atoms with Gasteiger partial charge in [-0.25, -0.2) is 4.39 Å². The number of benzene rings is 2. The highest BCUT2D eigenvalue weighted by Crippen LogP contribution is 2.23. The fourth-order valence-corrected chi connectivity index (χ4v) is 3.22. The molecule has 1 heterocycles. The predicted octanol–water partition coefficient (Wildman–Crippen LogP) is 3.96. The molecule has 3 rings (SSSR count). The van der Waals surface area contributed by atoms with Crippen molar-refractivity contribution in [2.24, 2.45) is 0 Å². The van der Waals surface area contributed by atoms with Crippen LogP contribution in [0.1, 0.15) is 5.56 Å². The van der Waals surface area contributed by atoms with E-state index in [1.165, 1.54) is 18.3 Å². The molecule has 1 aliphatic heterocycles. The Morgan fingerprint density at radius 2 is 1.86 bits per heavy atom. The van der Waals surface area contributed by atoms with Crippen molar-refractivity contribution in [1.29, 1.82) is 5.26 Å². The molecule has 0 saturated carbocycles. The van der Waals surface area contributed by atoms with E-state index in [1.54, 1.807) is 29.2 Å². The molecule has 2 aromatic carbocycles. The summed E-state index contributed by atoms with van der Waals surface area (Å²) in [5, 5.41) is 13.0. The lowest BCUT2D eigenvalue weighted by Crippen LogP contribution is -2.49. The van der Waals surface area contributed by atoms with Crippen LogP contribution in [0.5, 0.6) is 0 Å². The van der Waals surface area contributed by atoms with Gasteiger partial charge < -0.3 is 15.1 Å². The number of nitrogens with one attached hydrogen (secondary N) is 1. The molecule has 1 fully saturated rings. The van der Waals surface area contributed by atoms with Crippen molar-refractivity contribution in [2.45, 2.75) is 6.92 Å². The van der Waals surface area contributed by atoms with Crippen LogP contribution >= 0.6 is 11.6 Å². The molecule has 28 heavy (non-hydrogen) atoms. The maximum absolute atomic E-state index is 13.1. The largest absolute Gasteiger partial charge is 0.368 e. The molecule has 1 N–H and O–H groups in total. The fraction of sp³-hybridized carbons (Fsp3) is 0.238. The van der Waals surface area contributed by atoms with Crippen molar-refractivity contribution in [3.63, 3.8) is 0 Å². The smallest absolute Gasteiger partial charge is 0.266 e. The number of nitrogens with zero attached hydrogens (tertiary/aromatic N) is 3. The fourth-order valence-electron chi connectivity index (χ4n) is 3.05. The molecule has 1 saturated heterocycles. The van der Waals surface area contributed by atoms with E-state index in [2.05, 4.69) is 10.2 Å². The number of hydrogen-bond acceptors (Lipinski definition) is 4. The molecular weight excluding hydrogens is 379 g/mol. The number of carbonyl (C=O) groups excluding carboxylic acids is 1. The zero-order chi connectivity index (χ0) is 20.1. The Hall–Kier alpha value is -3.04. The molecular formula is C21H20ClFN4O. The lowest BCUT2D eigenvalue weighted by Gasteiger charge is -2.36. The van der Waals surface area contributed by atoms with E-state index in [0.717, 1.165) is 16.9 Å². The van der Waals surface area contributed by atoms with Gasteiger partial charge in [-0.2, -0.15) is 5.26 Å². The molecule has 0 bridgehead atoms. The number of halogens is 2. The maximum atomic E-state index is 13.1. The summed E-state index contributed by atoms with van der Waals surface area (Å²) in [6.45, 7) is 4.09. The van der Waals surface area contributed by atoms with Gasteiger partial charge in [0.05, 0.1) is 0 Å². The first-order valence-electron chi connectivity index (χ1n) is 8.91. The molecule has 1 aliphatic rings. The van der Waals surface area contributed by atoms with Crippen LogP contribution in [0, 0.1) is 24.1 Å². The van der Waals surface area contributed by atoms with Gasteiger partial charge in [-0.3, -0.25) is 4.79 Å². The SMILES string of the molecule is Cc1c(Cl)cccc1N/C=C(/C#N)C(=O)N1CCN(c2ccc(F)cc2)CC1. The third-order valence-electron chi connectivity index (χ3n) is 4.75. The molecule has 7 heteroatoms. The third kappa shape index (κ3) is 4.44. The average molecular weight is 399 g/mol. The summed E-state index contributed by atoms with van der Waals surface area (Å²) in [7, 11) is 0. The van der Waals surface area contributed by atoms with Crippen LogP contribution in [0.15, 0.2) is 54.2 Å². The molecule has 0 unspecified atom stereocenters. The van der Waals surface area contributed by atoms with E-state index in [0.29, 0.717) is 31.2 Å². The van der Waals surface area contributed by atoms with Crippen molar-refractivity contribution >= 4 is 28.9 Å². The zero-order valence-corrected chi connectivity index (χ0v) is 16.2. The number of anilines is 2. The highest BCUT2D eigenvalue weighted by Gasteiger charge is 2.24. The number of carbonyl (C=O) groups is 1. The number of nitriles is 1. The first-order chi connectivity index (χ1) is 13.5. The standard InChI is InChI=1S/C21H20ClFN4O/c1-15-19(22)3-2-4-20(15)25-14-16(13-24)21(28)27-11-9-26(10-12-27)18-7-5-17(23)6-8-18/h2-8,14,25H,9-12H2,1H3/b16-14-. The molecule has 2 aromatic rings. The summed E-state index contributed by atoms with van der Waals surface area (Å²) in [5.41, 5.74) is 2.55. The van der Waals surface area contributed by atoms with Gasteiger partial charge in [0.25, 0.3) is 5.91 Å². The van der Waals surface area contributed by atoms with Crippen LogP contribution < -0.4 is 10.2 Å². The van der Waals surface area contributed by atoms with Crippen molar-refractivity contribution in [3.8, 4) is 6.07 Å². The summed E-state index contributed by atoms with van der Waals surface area (Å²) in [4.78, 5) is 16.4. The second-order valence-corrected chi connectivity index (χ2v) is 6.89. The summed E-state index contributed by atoms with van der Waals surface area (Å²) in [6, 6.07) is 13.7. The maximum Gasteiger partial charge on any atom is 0.266 e. The number of hydrogen-bond donors (Lipinski definition) is 1. The van der Waals surface area contributed by atoms with E-state index in [9.17, 15) is 14.4 Å². The molecule has 0 spiro atoms. The van der Waals surface area contributed by atoms with Gasteiger partial charge >= 0.3 is 0 Å². The number of amides is 1. The van der Waals surface area contributed by atoms with Crippen molar-refractivity contribution < 1.29 is 9.18 Å². The summed E-state index contributed by atoms with van der Waals surface area (Å²) >= 11 is 6.09. The van der Waals surface area contributed by atoms with Gasteiger partial charge in [0.1, 0.15) is 17.5 Å². The lowest BCUT2D eigenvalue weighted by atomic mass is 10.2. The predicted molar refractivity (Wildman–Crippen MR) is 109 cm³/mol. The average Bonchev–Trinajstić information content (AvgIpc) is 2.72. The van der Waals surface area contributed by atoms with E-state index in [-0.39, 0.29) is 17.3 Å².